The van der Waals surface area contributed by atoms with E-state index in [2.05, 4.69) is 0 Å². The highest BCUT2D eigenvalue weighted by molar-refractivity contribution is 5.94. The van der Waals surface area contributed by atoms with Crippen LogP contribution < -0.4 is 4.74 Å². The van der Waals surface area contributed by atoms with Gasteiger partial charge in [0.05, 0.1) is 6.61 Å². The molecule has 2 heterocycles. The summed E-state index contributed by atoms with van der Waals surface area (Å²) in [6.45, 7) is 6.46. The van der Waals surface area contributed by atoms with Gasteiger partial charge in [-0.1, -0.05) is 35.9 Å². The Hall–Kier alpha value is -3.07. The number of halogens is 3. The first-order valence-electron chi connectivity index (χ1n) is 12.7. The summed E-state index contributed by atoms with van der Waals surface area (Å²) < 4.78 is 50.4. The van der Waals surface area contributed by atoms with Crippen LogP contribution in [-0.2, 0) is 16.1 Å². The molecule has 37 heavy (non-hydrogen) atoms. The number of carbonyl (C=O) groups excluding carboxylic acids is 2. The number of alkyl halides is 3. The lowest BCUT2D eigenvalue weighted by atomic mass is 9.69. The minimum absolute atomic E-state index is 0.0938. The Labute approximate surface area is 215 Å². The number of rotatable bonds is 6. The molecule has 2 aromatic rings. The molecule has 6 nitrogen and oxygen atoms in total. The number of amides is 1. The van der Waals surface area contributed by atoms with Crippen molar-refractivity contribution in [1.29, 1.82) is 0 Å². The maximum Gasteiger partial charge on any atom is 0.490 e. The van der Waals surface area contributed by atoms with Crippen LogP contribution in [0, 0.1) is 12.3 Å². The summed E-state index contributed by atoms with van der Waals surface area (Å²) in [7, 11) is 0. The van der Waals surface area contributed by atoms with Gasteiger partial charge in [0.25, 0.3) is 5.91 Å². The summed E-state index contributed by atoms with van der Waals surface area (Å²) in [6, 6.07) is 14.9. The van der Waals surface area contributed by atoms with Crippen molar-refractivity contribution in [3.63, 3.8) is 0 Å². The van der Waals surface area contributed by atoms with Crippen molar-refractivity contribution in [2.45, 2.75) is 51.9 Å². The van der Waals surface area contributed by atoms with Gasteiger partial charge >= 0.3 is 12.1 Å². The third kappa shape index (κ3) is 6.26. The number of benzene rings is 2. The Kier molecular flexibility index (Phi) is 8.11. The minimum Gasteiger partial charge on any atom is -0.494 e. The summed E-state index contributed by atoms with van der Waals surface area (Å²) >= 11 is 0. The van der Waals surface area contributed by atoms with E-state index in [1.54, 1.807) is 17.0 Å². The SMILES string of the molecule is CCOc1ccccc1CN1CCC2(CCN(C(=O)c3ccc(C)cc3)CC2)C(OC(=O)C(F)(F)F)C1. The Morgan fingerprint density at radius 2 is 1.65 bits per heavy atom. The second kappa shape index (κ2) is 11.1. The predicted octanol–water partition coefficient (Wildman–Crippen LogP) is 5.00. The summed E-state index contributed by atoms with van der Waals surface area (Å²) in [5, 5.41) is 0. The smallest absolute Gasteiger partial charge is 0.490 e. The quantitative estimate of drug-likeness (QED) is 0.504. The average Bonchev–Trinajstić information content (AvgIpc) is 2.87. The molecule has 0 saturated carbocycles. The van der Waals surface area contributed by atoms with Crippen LogP contribution in [0.1, 0.15) is 47.7 Å². The van der Waals surface area contributed by atoms with Crippen molar-refractivity contribution in [2.24, 2.45) is 5.41 Å². The zero-order chi connectivity index (χ0) is 26.6. The lowest BCUT2D eigenvalue weighted by molar-refractivity contribution is -0.216. The maximum absolute atomic E-state index is 13.2. The number of aryl methyl sites for hydroxylation is 1. The molecule has 0 bridgehead atoms. The van der Waals surface area contributed by atoms with Gasteiger partial charge in [0.15, 0.2) is 0 Å². The summed E-state index contributed by atoms with van der Waals surface area (Å²) in [4.78, 5) is 28.6. The molecule has 0 aliphatic carbocycles. The summed E-state index contributed by atoms with van der Waals surface area (Å²) in [5.41, 5.74) is 1.96. The molecule has 1 spiro atoms. The van der Waals surface area contributed by atoms with Crippen LogP contribution in [0.2, 0.25) is 0 Å². The Morgan fingerprint density at radius 3 is 2.30 bits per heavy atom. The van der Waals surface area contributed by atoms with Gasteiger partial charge in [-0.15, -0.1) is 0 Å². The topological polar surface area (TPSA) is 59.1 Å². The van der Waals surface area contributed by atoms with Gasteiger partial charge in [-0.3, -0.25) is 9.69 Å². The van der Waals surface area contributed by atoms with Gasteiger partial charge in [0, 0.05) is 42.7 Å². The number of ether oxygens (including phenoxy) is 2. The van der Waals surface area contributed by atoms with Crippen LogP contribution in [0.3, 0.4) is 0 Å². The predicted molar refractivity (Wildman–Crippen MR) is 132 cm³/mol. The highest BCUT2D eigenvalue weighted by Crippen LogP contribution is 2.44. The first-order chi connectivity index (χ1) is 17.6. The number of nitrogens with zero attached hydrogens (tertiary/aromatic N) is 2. The third-order valence-corrected chi connectivity index (χ3v) is 7.53. The Morgan fingerprint density at radius 1 is 1.00 bits per heavy atom. The highest BCUT2D eigenvalue weighted by atomic mass is 19.4. The normalized spacial score (nSPS) is 20.0. The number of likely N-dealkylation sites (tertiary alicyclic amines) is 2. The van der Waals surface area contributed by atoms with E-state index in [9.17, 15) is 22.8 Å². The lowest BCUT2D eigenvalue weighted by Gasteiger charge is -2.51. The second-order valence-electron chi connectivity index (χ2n) is 9.94. The number of hydrogen-bond donors (Lipinski definition) is 0. The fourth-order valence-corrected chi connectivity index (χ4v) is 5.34. The van der Waals surface area contributed by atoms with Gasteiger partial charge in [0.2, 0.25) is 0 Å². The second-order valence-corrected chi connectivity index (χ2v) is 9.94. The van der Waals surface area contributed by atoms with Crippen LogP contribution in [0.25, 0.3) is 0 Å². The molecule has 1 unspecified atom stereocenters. The van der Waals surface area contributed by atoms with Crippen molar-refractivity contribution in [1.82, 2.24) is 9.80 Å². The van der Waals surface area contributed by atoms with Gasteiger partial charge in [-0.05, 0) is 57.9 Å². The lowest BCUT2D eigenvalue weighted by Crippen LogP contribution is -2.57. The molecule has 1 atom stereocenters. The molecule has 0 N–H and O–H groups in total. The van der Waals surface area contributed by atoms with Gasteiger partial charge in [0.1, 0.15) is 11.9 Å². The van der Waals surface area contributed by atoms with Crippen molar-refractivity contribution in [3.05, 3.63) is 65.2 Å². The van der Waals surface area contributed by atoms with E-state index >= 15 is 0 Å². The Balaban J connectivity index is 1.48. The van der Waals surface area contributed by atoms with E-state index in [0.29, 0.717) is 57.6 Å². The van der Waals surface area contributed by atoms with Crippen molar-refractivity contribution >= 4 is 11.9 Å². The third-order valence-electron chi connectivity index (χ3n) is 7.53. The number of para-hydroxylation sites is 1. The molecule has 2 aliphatic heterocycles. The standard InChI is InChI=1S/C28H33F3N2O4/c1-3-36-23-7-5-4-6-22(23)18-32-15-12-27(24(19-32)37-26(35)28(29,30)31)13-16-33(17-14-27)25(34)21-10-8-20(2)9-11-21/h4-11,24H,3,12-19H2,1-2H3. The number of piperidine rings is 2. The van der Waals surface area contributed by atoms with Crippen LogP contribution >= 0.6 is 0 Å². The van der Waals surface area contributed by atoms with Crippen molar-refractivity contribution in [2.75, 3.05) is 32.8 Å². The van der Waals surface area contributed by atoms with Crippen molar-refractivity contribution < 1.29 is 32.2 Å². The van der Waals surface area contributed by atoms with Crippen LogP contribution in [0.5, 0.6) is 5.75 Å². The molecule has 2 aliphatic rings. The maximum atomic E-state index is 13.2. The molecule has 200 valence electrons. The van der Waals surface area contributed by atoms with Crippen LogP contribution in [-0.4, -0.2) is 66.7 Å². The zero-order valence-corrected chi connectivity index (χ0v) is 21.2. The van der Waals surface area contributed by atoms with E-state index in [1.165, 1.54) is 0 Å². The molecule has 0 radical (unpaired) electrons. The first-order valence-corrected chi connectivity index (χ1v) is 12.7. The largest absolute Gasteiger partial charge is 0.494 e. The minimum atomic E-state index is -5.06. The molecular formula is C28H33F3N2O4. The van der Waals surface area contributed by atoms with Crippen LogP contribution in [0.4, 0.5) is 13.2 Å². The van der Waals surface area contributed by atoms with Gasteiger partial charge in [-0.25, -0.2) is 4.79 Å². The fraction of sp³-hybridized carbons (Fsp3) is 0.500. The molecule has 2 aromatic carbocycles. The molecule has 0 aromatic heterocycles. The fourth-order valence-electron chi connectivity index (χ4n) is 5.34. The van der Waals surface area contributed by atoms with Crippen molar-refractivity contribution in [3.8, 4) is 5.75 Å². The number of carbonyl (C=O) groups is 2. The molecule has 4 rings (SSSR count). The number of esters is 1. The highest BCUT2D eigenvalue weighted by Gasteiger charge is 2.51. The Bertz CT molecular complexity index is 1100. The zero-order valence-electron chi connectivity index (χ0n) is 21.2. The van der Waals surface area contributed by atoms with Gasteiger partial charge in [-0.2, -0.15) is 13.2 Å². The number of hydrogen-bond acceptors (Lipinski definition) is 5. The molecular weight excluding hydrogens is 485 g/mol. The monoisotopic (exact) mass is 518 g/mol. The molecule has 2 fully saturated rings. The summed E-state index contributed by atoms with van der Waals surface area (Å²) in [5.74, 6) is -1.52. The first kappa shape index (κ1) is 27.0. The molecule has 1 amide bonds. The van der Waals surface area contributed by atoms with E-state index < -0.39 is 23.7 Å². The molecule has 2 saturated heterocycles. The summed E-state index contributed by atoms with van der Waals surface area (Å²) in [6.07, 6.45) is -4.46. The van der Waals surface area contributed by atoms with E-state index in [1.807, 2.05) is 55.1 Å². The molecule has 9 heteroatoms. The average molecular weight is 519 g/mol. The van der Waals surface area contributed by atoms with Gasteiger partial charge < -0.3 is 14.4 Å². The van der Waals surface area contributed by atoms with E-state index in [-0.39, 0.29) is 12.5 Å². The van der Waals surface area contributed by atoms with Crippen LogP contribution in [0.15, 0.2) is 48.5 Å². The van der Waals surface area contributed by atoms with E-state index in [4.69, 9.17) is 9.47 Å². The van der Waals surface area contributed by atoms with E-state index in [0.717, 1.165) is 16.9 Å².